The first-order valence-electron chi connectivity index (χ1n) is 14.8. The van der Waals surface area contributed by atoms with Crippen molar-refractivity contribution in [1.82, 2.24) is 20.3 Å². The summed E-state index contributed by atoms with van der Waals surface area (Å²) in [5, 5.41) is 9.36. The van der Waals surface area contributed by atoms with Crippen molar-refractivity contribution in [1.29, 1.82) is 0 Å². The van der Waals surface area contributed by atoms with Gasteiger partial charge in [0.15, 0.2) is 29.0 Å². The van der Waals surface area contributed by atoms with Crippen LogP contribution < -0.4 is 25.4 Å². The Hall–Kier alpha value is -4.06. The first-order chi connectivity index (χ1) is 20.7. The zero-order valence-electron chi connectivity index (χ0n) is 26.0. The van der Waals surface area contributed by atoms with Gasteiger partial charge < -0.3 is 30.2 Å². The SMILES string of the molecule is [2H]C([2H])([2H])Oc1cc(OC([2H])([2H])[2H])c(F)c(-c2cc3cnc(N[C@@H]4COC[C@@H]4NC(=O)C=C)nc3c(NCC3CC3)n2)c1F. The fourth-order valence-electron chi connectivity index (χ4n) is 4.13. The van der Waals surface area contributed by atoms with E-state index in [2.05, 4.69) is 37.5 Å². The van der Waals surface area contributed by atoms with Gasteiger partial charge in [0, 0.05) is 24.2 Å². The van der Waals surface area contributed by atoms with Crippen LogP contribution in [0, 0.1) is 17.6 Å². The smallest absolute Gasteiger partial charge is 0.243 e. The zero-order chi connectivity index (χ0) is 31.8. The predicted molar refractivity (Wildman–Crippen MR) is 137 cm³/mol. The summed E-state index contributed by atoms with van der Waals surface area (Å²) >= 11 is 0. The van der Waals surface area contributed by atoms with E-state index in [9.17, 15) is 4.79 Å². The third-order valence-electron chi connectivity index (χ3n) is 6.34. The van der Waals surface area contributed by atoms with Crippen molar-refractivity contribution in [3.05, 3.63) is 42.6 Å². The number of pyridine rings is 1. The molecule has 1 aliphatic heterocycles. The number of methoxy groups -OCH3 is 2. The van der Waals surface area contributed by atoms with Crippen molar-refractivity contribution in [2.45, 2.75) is 24.9 Å². The van der Waals surface area contributed by atoms with E-state index >= 15 is 8.78 Å². The van der Waals surface area contributed by atoms with Gasteiger partial charge in [0.25, 0.3) is 0 Å². The number of amides is 1. The lowest BCUT2D eigenvalue weighted by molar-refractivity contribution is -0.117. The maximum atomic E-state index is 15.7. The molecular formula is C26H28F2N6O4. The minimum Gasteiger partial charge on any atom is -0.494 e. The molecule has 3 heterocycles. The summed E-state index contributed by atoms with van der Waals surface area (Å²) in [4.78, 5) is 25.1. The van der Waals surface area contributed by atoms with Crippen molar-refractivity contribution in [3.63, 3.8) is 0 Å². The number of halogens is 2. The molecule has 1 saturated heterocycles. The highest BCUT2D eigenvalue weighted by molar-refractivity contribution is 5.92. The number of fused-ring (bicyclic) bond motifs is 1. The summed E-state index contributed by atoms with van der Waals surface area (Å²) in [5.74, 6) is -4.44. The Morgan fingerprint density at radius 2 is 1.92 bits per heavy atom. The number of carbonyl (C=O) groups excluding carboxylic acids is 1. The van der Waals surface area contributed by atoms with Crippen molar-refractivity contribution < 1.29 is 36.0 Å². The molecule has 0 bridgehead atoms. The minimum absolute atomic E-state index is 0.147. The van der Waals surface area contributed by atoms with Crippen LogP contribution in [0.2, 0.25) is 0 Å². The molecule has 12 heteroatoms. The summed E-state index contributed by atoms with van der Waals surface area (Å²) in [5.41, 5.74) is -0.890. The molecule has 3 N–H and O–H groups in total. The van der Waals surface area contributed by atoms with E-state index < -0.39 is 42.8 Å². The van der Waals surface area contributed by atoms with E-state index in [1.807, 2.05) is 0 Å². The molecule has 1 saturated carbocycles. The lowest BCUT2D eigenvalue weighted by Gasteiger charge is -2.20. The second kappa shape index (κ2) is 10.7. The maximum absolute atomic E-state index is 15.7. The highest BCUT2D eigenvalue weighted by Gasteiger charge is 2.30. The van der Waals surface area contributed by atoms with Gasteiger partial charge in [-0.1, -0.05) is 6.58 Å². The second-order valence-electron chi connectivity index (χ2n) is 9.00. The average molecular weight is 533 g/mol. The number of carbonyl (C=O) groups is 1. The van der Waals surface area contributed by atoms with Gasteiger partial charge >= 0.3 is 0 Å². The van der Waals surface area contributed by atoms with Crippen LogP contribution in [0.3, 0.4) is 0 Å². The third kappa shape index (κ3) is 5.17. The largest absolute Gasteiger partial charge is 0.494 e. The van der Waals surface area contributed by atoms with E-state index in [1.54, 1.807) is 0 Å². The number of ether oxygens (including phenoxy) is 3. The second-order valence-corrected chi connectivity index (χ2v) is 9.00. The molecule has 1 amide bonds. The molecule has 0 unspecified atom stereocenters. The number of nitrogens with zero attached hydrogens (tertiary/aromatic N) is 3. The Morgan fingerprint density at radius 3 is 2.61 bits per heavy atom. The Bertz CT molecular complexity index is 1550. The first-order valence-corrected chi connectivity index (χ1v) is 11.8. The van der Waals surface area contributed by atoms with Crippen molar-refractivity contribution in [2.75, 3.05) is 44.5 Å². The standard InChI is InChI=1S/C26H28F2N6O4/c1-4-20(35)31-16-11-38-12-17(16)33-26-30-10-14-7-15(32-25(24(14)34-26)29-9-13-5-6-13)21-22(27)18(36-2)8-19(37-3)23(21)28/h4,7-8,10,13,16-17H,1,5-6,9,11-12H2,2-3H3,(H,29,32)(H,31,35)(H,30,33,34)/t16-,17+/m0/s1/i2D3,3D3. The maximum Gasteiger partial charge on any atom is 0.243 e. The van der Waals surface area contributed by atoms with E-state index in [1.165, 1.54) is 12.3 Å². The molecule has 2 aromatic heterocycles. The molecule has 0 spiro atoms. The van der Waals surface area contributed by atoms with Gasteiger partial charge in [-0.05, 0) is 30.9 Å². The molecule has 5 rings (SSSR count). The number of aromatic nitrogens is 3. The Morgan fingerprint density at radius 1 is 1.18 bits per heavy atom. The number of anilines is 2. The monoisotopic (exact) mass is 532 g/mol. The lowest BCUT2D eigenvalue weighted by atomic mass is 10.1. The zero-order valence-corrected chi connectivity index (χ0v) is 20.0. The van der Waals surface area contributed by atoms with Crippen LogP contribution in [0.1, 0.15) is 21.1 Å². The Labute approximate surface area is 226 Å². The predicted octanol–water partition coefficient (Wildman–Crippen LogP) is 3.29. The summed E-state index contributed by atoms with van der Waals surface area (Å²) in [6, 6.07) is 1.05. The molecule has 0 radical (unpaired) electrons. The normalized spacial score (nSPS) is 21.7. The number of benzene rings is 1. The van der Waals surface area contributed by atoms with Gasteiger partial charge in [0.05, 0.1) is 58.9 Å². The molecule has 200 valence electrons. The average Bonchev–Trinajstić information content (AvgIpc) is 3.67. The first kappa shape index (κ1) is 19.1. The number of nitrogens with one attached hydrogen (secondary N) is 3. The molecule has 3 aromatic rings. The molecule has 1 aromatic carbocycles. The van der Waals surface area contributed by atoms with Gasteiger partial charge in [0.2, 0.25) is 11.9 Å². The fourth-order valence-corrected chi connectivity index (χ4v) is 4.13. The Balaban J connectivity index is 1.58. The minimum atomic E-state index is -3.14. The lowest BCUT2D eigenvalue weighted by Crippen LogP contribution is -2.45. The highest BCUT2D eigenvalue weighted by atomic mass is 19.1. The van der Waals surface area contributed by atoms with Crippen LogP contribution in [0.5, 0.6) is 11.5 Å². The molecule has 38 heavy (non-hydrogen) atoms. The number of rotatable bonds is 10. The number of hydrogen-bond acceptors (Lipinski definition) is 9. The van der Waals surface area contributed by atoms with E-state index in [0.29, 0.717) is 29.4 Å². The number of hydrogen-bond donors (Lipinski definition) is 3. The van der Waals surface area contributed by atoms with E-state index in [-0.39, 0.29) is 48.7 Å². The van der Waals surface area contributed by atoms with Gasteiger partial charge in [-0.25, -0.2) is 23.7 Å². The van der Waals surface area contributed by atoms with Crippen molar-refractivity contribution in [2.24, 2.45) is 5.92 Å². The summed E-state index contributed by atoms with van der Waals surface area (Å²) < 4.78 is 90.5. The van der Waals surface area contributed by atoms with E-state index in [4.69, 9.17) is 22.4 Å². The fraction of sp³-hybridized carbons (Fsp3) is 0.385. The van der Waals surface area contributed by atoms with Gasteiger partial charge in [-0.2, -0.15) is 0 Å². The quantitative estimate of drug-likeness (QED) is 0.338. The summed E-state index contributed by atoms with van der Waals surface area (Å²) in [7, 11) is -6.29. The molecule has 2 fully saturated rings. The van der Waals surface area contributed by atoms with Gasteiger partial charge in [-0.3, -0.25) is 4.79 Å². The summed E-state index contributed by atoms with van der Waals surface area (Å²) in [6.45, 7) is 4.47. The highest BCUT2D eigenvalue weighted by Crippen LogP contribution is 2.39. The van der Waals surface area contributed by atoms with Gasteiger partial charge in [0.1, 0.15) is 5.52 Å². The van der Waals surface area contributed by atoms with Crippen molar-refractivity contribution in [3.8, 4) is 22.8 Å². The molecular weight excluding hydrogens is 498 g/mol. The van der Waals surface area contributed by atoms with Crippen LogP contribution >= 0.6 is 0 Å². The molecule has 2 aliphatic rings. The van der Waals surface area contributed by atoms with Crippen LogP contribution in [-0.2, 0) is 9.53 Å². The topological polar surface area (TPSA) is 120 Å². The molecule has 2 atom stereocenters. The third-order valence-corrected chi connectivity index (χ3v) is 6.34. The van der Waals surface area contributed by atoms with Crippen LogP contribution in [-0.4, -0.2) is 66.8 Å². The Kier molecular flexibility index (Phi) is 5.39. The molecule has 1 aliphatic carbocycles. The van der Waals surface area contributed by atoms with E-state index in [0.717, 1.165) is 18.9 Å². The van der Waals surface area contributed by atoms with Crippen LogP contribution in [0.4, 0.5) is 20.5 Å². The van der Waals surface area contributed by atoms with Crippen LogP contribution in [0.25, 0.3) is 22.2 Å². The van der Waals surface area contributed by atoms with Crippen LogP contribution in [0.15, 0.2) is 31.0 Å². The van der Waals surface area contributed by atoms with Crippen molar-refractivity contribution >= 4 is 28.6 Å². The molecule has 10 nitrogen and oxygen atoms in total. The summed E-state index contributed by atoms with van der Waals surface area (Å²) in [6.07, 6.45) is 4.51. The van der Waals surface area contributed by atoms with Gasteiger partial charge in [-0.15, -0.1) is 0 Å².